The van der Waals surface area contributed by atoms with Crippen LogP contribution in [0.5, 0.6) is 0 Å². The fraction of sp³-hybridized carbons (Fsp3) is 0. The highest BCUT2D eigenvalue weighted by Gasteiger charge is 2.26. The molecule has 2 aromatic carbocycles. The van der Waals surface area contributed by atoms with Crippen molar-refractivity contribution < 1.29 is 27.9 Å². The third-order valence-electron chi connectivity index (χ3n) is 4.05. The summed E-state index contributed by atoms with van der Waals surface area (Å²) in [6, 6.07) is 9.26. The third kappa shape index (κ3) is 3.40. The van der Waals surface area contributed by atoms with E-state index < -0.39 is 23.5 Å². The quantitative estimate of drug-likeness (QED) is 0.375. The van der Waals surface area contributed by atoms with Crippen LogP contribution in [0, 0.1) is 11.6 Å². The van der Waals surface area contributed by atoms with E-state index in [-0.39, 0.29) is 32.1 Å². The van der Waals surface area contributed by atoms with Gasteiger partial charge in [0.2, 0.25) is 0 Å². The van der Waals surface area contributed by atoms with Crippen molar-refractivity contribution in [2.45, 2.75) is 0 Å². The monoisotopic (exact) mass is 478 g/mol. The summed E-state index contributed by atoms with van der Waals surface area (Å²) >= 11 is 3.74. The average Bonchev–Trinajstić information content (AvgIpc) is 3.30. The molecular formula is C19H9BrF2N2O4S. The van der Waals surface area contributed by atoms with Crippen LogP contribution >= 0.6 is 27.3 Å². The smallest absolute Gasteiger partial charge is 0.339 e. The zero-order valence-electron chi connectivity index (χ0n) is 14.2. The van der Waals surface area contributed by atoms with Gasteiger partial charge in [-0.2, -0.15) is 0 Å². The van der Waals surface area contributed by atoms with Gasteiger partial charge in [0.05, 0.1) is 4.47 Å². The molecule has 0 aliphatic rings. The fourth-order valence-electron chi connectivity index (χ4n) is 2.72. The van der Waals surface area contributed by atoms with Crippen LogP contribution in [0.2, 0.25) is 0 Å². The van der Waals surface area contributed by atoms with Crippen LogP contribution in [-0.4, -0.2) is 22.0 Å². The molecule has 0 saturated heterocycles. The number of rotatable bonds is 4. The van der Waals surface area contributed by atoms with Gasteiger partial charge < -0.3 is 14.8 Å². The largest absolute Gasteiger partial charge is 0.478 e. The summed E-state index contributed by atoms with van der Waals surface area (Å²) in [6.07, 6.45) is 0. The minimum Gasteiger partial charge on any atom is -0.478 e. The second-order valence-electron chi connectivity index (χ2n) is 5.82. The van der Waals surface area contributed by atoms with E-state index in [0.29, 0.717) is 11.1 Å². The summed E-state index contributed by atoms with van der Waals surface area (Å²) in [7, 11) is 0. The highest BCUT2D eigenvalue weighted by Crippen LogP contribution is 2.38. The number of aromatic nitrogens is 1. The van der Waals surface area contributed by atoms with Crippen LogP contribution in [0.3, 0.4) is 0 Å². The van der Waals surface area contributed by atoms with E-state index in [4.69, 9.17) is 4.42 Å². The van der Waals surface area contributed by atoms with Gasteiger partial charge in [0.15, 0.2) is 17.2 Å². The summed E-state index contributed by atoms with van der Waals surface area (Å²) in [5.74, 6) is -4.76. The van der Waals surface area contributed by atoms with Crippen LogP contribution in [0.1, 0.15) is 21.0 Å². The fourth-order valence-corrected chi connectivity index (χ4v) is 3.97. The molecule has 4 rings (SSSR count). The Hall–Kier alpha value is -3.11. The molecular weight excluding hydrogens is 470 g/mol. The number of benzene rings is 2. The number of anilines is 1. The van der Waals surface area contributed by atoms with Gasteiger partial charge in [0, 0.05) is 16.5 Å². The third-order valence-corrected chi connectivity index (χ3v) is 5.55. The number of nitrogens with one attached hydrogen (secondary N) is 1. The van der Waals surface area contributed by atoms with Crippen LogP contribution < -0.4 is 5.32 Å². The van der Waals surface area contributed by atoms with E-state index in [9.17, 15) is 23.5 Å². The minimum absolute atomic E-state index is 0.0533. The van der Waals surface area contributed by atoms with Crippen molar-refractivity contribution >= 4 is 55.2 Å². The number of fused-ring (bicyclic) bond motifs is 1. The molecule has 0 atom stereocenters. The normalized spacial score (nSPS) is 11.0. The standard InChI is InChI=1S/C19H9BrF2N2O4S/c20-10-6-5-8(14(21)15(10)22)9-7-29-18(13(9)19(26)27)24-16(25)17-23-11-3-1-2-4-12(11)28-17/h1-7H,(H,24,25)(H,26,27). The van der Waals surface area contributed by atoms with E-state index >= 15 is 0 Å². The number of nitrogens with zero attached hydrogens (tertiary/aromatic N) is 1. The molecule has 2 aromatic heterocycles. The topological polar surface area (TPSA) is 92.4 Å². The van der Waals surface area contributed by atoms with Crippen molar-refractivity contribution in [2.24, 2.45) is 0 Å². The van der Waals surface area contributed by atoms with Crippen LogP contribution in [0.25, 0.3) is 22.2 Å². The molecule has 0 bridgehead atoms. The molecule has 29 heavy (non-hydrogen) atoms. The highest BCUT2D eigenvalue weighted by molar-refractivity contribution is 9.10. The lowest BCUT2D eigenvalue weighted by Crippen LogP contribution is -2.14. The van der Waals surface area contributed by atoms with Crippen molar-refractivity contribution in [3.63, 3.8) is 0 Å². The van der Waals surface area contributed by atoms with Crippen molar-refractivity contribution in [3.05, 3.63) is 69.3 Å². The first-order valence-electron chi connectivity index (χ1n) is 8.02. The minimum atomic E-state index is -1.41. The maximum atomic E-state index is 14.3. The molecule has 0 fully saturated rings. The van der Waals surface area contributed by atoms with Crippen molar-refractivity contribution in [3.8, 4) is 11.1 Å². The number of hydrogen-bond acceptors (Lipinski definition) is 5. The molecule has 0 aliphatic carbocycles. The second kappa shape index (κ2) is 7.37. The summed E-state index contributed by atoms with van der Waals surface area (Å²) in [6.45, 7) is 0. The van der Waals surface area contributed by atoms with Crippen LogP contribution in [-0.2, 0) is 0 Å². The Bertz CT molecular complexity index is 1250. The first-order chi connectivity index (χ1) is 13.9. The van der Waals surface area contributed by atoms with E-state index in [1.165, 1.54) is 17.5 Å². The van der Waals surface area contributed by atoms with Crippen LogP contribution in [0.4, 0.5) is 13.8 Å². The lowest BCUT2D eigenvalue weighted by atomic mass is 10.0. The number of carbonyl (C=O) groups is 2. The molecule has 146 valence electrons. The molecule has 0 aliphatic heterocycles. The van der Waals surface area contributed by atoms with Gasteiger partial charge in [0.1, 0.15) is 16.1 Å². The van der Waals surface area contributed by atoms with Gasteiger partial charge in [-0.25, -0.2) is 18.6 Å². The molecule has 1 amide bonds. The number of oxazole rings is 1. The highest BCUT2D eigenvalue weighted by atomic mass is 79.9. The van der Waals surface area contributed by atoms with E-state index in [0.717, 1.165) is 11.3 Å². The Morgan fingerprint density at radius 2 is 1.86 bits per heavy atom. The van der Waals surface area contributed by atoms with Crippen molar-refractivity contribution in [1.29, 1.82) is 0 Å². The number of aromatic carboxylic acids is 1. The van der Waals surface area contributed by atoms with Crippen molar-refractivity contribution in [1.82, 2.24) is 4.98 Å². The average molecular weight is 479 g/mol. The summed E-state index contributed by atoms with van der Waals surface area (Å²) in [4.78, 5) is 28.3. The lowest BCUT2D eigenvalue weighted by molar-refractivity contribution is 0.0699. The van der Waals surface area contributed by atoms with Crippen molar-refractivity contribution in [2.75, 3.05) is 5.32 Å². The molecule has 2 N–H and O–H groups in total. The first kappa shape index (κ1) is 19.2. The van der Waals surface area contributed by atoms with Gasteiger partial charge in [-0.15, -0.1) is 11.3 Å². The van der Waals surface area contributed by atoms with E-state index in [1.54, 1.807) is 24.3 Å². The molecule has 10 heteroatoms. The first-order valence-corrected chi connectivity index (χ1v) is 9.69. The van der Waals surface area contributed by atoms with Gasteiger partial charge in [-0.05, 0) is 34.1 Å². The second-order valence-corrected chi connectivity index (χ2v) is 7.56. The number of para-hydroxylation sites is 2. The number of halogens is 3. The number of carboxylic acids is 1. The van der Waals surface area contributed by atoms with E-state index in [2.05, 4.69) is 26.2 Å². The Kier molecular flexibility index (Phi) is 4.89. The van der Waals surface area contributed by atoms with E-state index in [1.807, 2.05) is 0 Å². The van der Waals surface area contributed by atoms with Gasteiger partial charge in [-0.3, -0.25) is 4.79 Å². The zero-order chi connectivity index (χ0) is 20.7. The number of amides is 1. The summed E-state index contributed by atoms with van der Waals surface area (Å²) in [5, 5.41) is 13.3. The number of carbonyl (C=O) groups excluding carboxylic acids is 1. The van der Waals surface area contributed by atoms with Gasteiger partial charge >= 0.3 is 11.9 Å². The summed E-state index contributed by atoms with van der Waals surface area (Å²) < 4.78 is 33.5. The summed E-state index contributed by atoms with van der Waals surface area (Å²) in [5.41, 5.74) is 0.215. The molecule has 2 heterocycles. The molecule has 0 radical (unpaired) electrons. The molecule has 4 aromatic rings. The number of carboxylic acid groups (broad SMARTS) is 1. The molecule has 0 unspecified atom stereocenters. The maximum absolute atomic E-state index is 14.3. The number of hydrogen-bond donors (Lipinski definition) is 2. The SMILES string of the molecule is O=C(Nc1scc(-c2ccc(Br)c(F)c2F)c1C(=O)O)c1nc2ccccc2o1. The number of thiophene rings is 1. The Morgan fingerprint density at radius 3 is 2.59 bits per heavy atom. The Balaban J connectivity index is 1.73. The Morgan fingerprint density at radius 1 is 1.10 bits per heavy atom. The van der Waals surface area contributed by atoms with Crippen LogP contribution in [0.15, 0.2) is 50.7 Å². The molecule has 0 saturated carbocycles. The van der Waals surface area contributed by atoms with Gasteiger partial charge in [-0.1, -0.05) is 18.2 Å². The molecule has 6 nitrogen and oxygen atoms in total. The predicted molar refractivity (Wildman–Crippen MR) is 106 cm³/mol. The lowest BCUT2D eigenvalue weighted by Gasteiger charge is -2.07. The molecule has 0 spiro atoms. The van der Waals surface area contributed by atoms with Gasteiger partial charge in [0.25, 0.3) is 5.89 Å². The zero-order valence-corrected chi connectivity index (χ0v) is 16.6. The predicted octanol–water partition coefficient (Wildman–Crippen LogP) is 5.55. The maximum Gasteiger partial charge on any atom is 0.339 e. The Labute approximate surface area is 173 Å².